The molecule has 660 valence electrons. The largest absolute Gasteiger partial charge is 0.465 e. The Hall–Kier alpha value is -14.5. The van der Waals surface area contributed by atoms with Crippen LogP contribution in [0.2, 0.25) is 0 Å². The third-order valence-corrected chi connectivity index (χ3v) is 19.9. The molecule has 0 unspecified atom stereocenters. The van der Waals surface area contributed by atoms with Gasteiger partial charge >= 0.3 is 42.6 Å². The van der Waals surface area contributed by atoms with Crippen LogP contribution in [-0.2, 0) is 38.9 Å². The number of ether oxygens (including phenoxy) is 7. The first-order valence-electron chi connectivity index (χ1n) is 37.2. The fourth-order valence-corrected chi connectivity index (χ4v) is 12.7. The Bertz CT molecular complexity index is 6570. The Kier molecular flexibility index (Phi) is 31.5. The summed E-state index contributed by atoms with van der Waals surface area (Å²) in [7, 11) is 3.62. The molecule has 39 heteroatoms. The van der Waals surface area contributed by atoms with E-state index in [2.05, 4.69) is 92.1 Å². The van der Waals surface area contributed by atoms with Gasteiger partial charge in [0.25, 0.3) is 5.56 Å². The predicted molar refractivity (Wildman–Crippen MR) is 468 cm³/mol. The fraction of sp³-hybridized carbons (Fsp3) is 0.100. The SMILES string of the molecule is COC(=O)c1cc(Oc2ncccc2C(F)(F)F)ccc1I.COC(=O)c1cc(Oc2ncccc2C(F)(F)F)ccc1Nc1cccnc1-c1ccc(C)cc1.COC(=O)c1cc(Oc2ncccc2C(F)(F)F)ccc1Nc1cccnc1Br.Cc1ccc(-c2ncccc2-n2cnc(=O)c3cc(Oc4ncccc4C(F)(F)F)ccc32)cc1.Nc1cccnc1Br. The maximum Gasteiger partial charge on any atom is 0.421 e. The van der Waals surface area contributed by atoms with E-state index in [1.165, 1.54) is 131 Å². The molecule has 4 N–H and O–H groups in total. The number of hydrogen-bond donors (Lipinski definition) is 3. The number of halogens is 15. The highest BCUT2D eigenvalue weighted by molar-refractivity contribution is 14.1. The lowest BCUT2D eigenvalue weighted by molar-refractivity contribution is -0.139. The molecular weight excluding hydrogens is 1950 g/mol. The monoisotopic (exact) mass is 2020 g/mol. The molecule has 0 bridgehead atoms. The number of esters is 3. The highest BCUT2D eigenvalue weighted by Gasteiger charge is 2.39. The minimum Gasteiger partial charge on any atom is -0.465 e. The van der Waals surface area contributed by atoms with Crippen LogP contribution in [0, 0.1) is 17.4 Å². The summed E-state index contributed by atoms with van der Waals surface area (Å²) >= 11 is 8.36. The van der Waals surface area contributed by atoms with Gasteiger partial charge in [-0.05, 0) is 238 Å². The number of pyridine rings is 8. The lowest BCUT2D eigenvalue weighted by Gasteiger charge is -2.16. The van der Waals surface area contributed by atoms with E-state index in [9.17, 15) is 71.9 Å². The van der Waals surface area contributed by atoms with Crippen molar-refractivity contribution in [2.45, 2.75) is 38.6 Å². The molecule has 24 nitrogen and oxygen atoms in total. The maximum absolute atomic E-state index is 13.3. The standard InChI is InChI=1S/C26H17F3N4O2.C26H20F3N3O3.C19H13BrF3N3O3.C14H9F3INO3.C5H5BrN2/c1-16-6-8-17(9-7-16)23-22(5-3-12-30-23)33-15-32-24(34)19-14-18(10-11-21(19)33)35-25-20(26(27,28)29)4-2-13-31-25;1-16-7-9-17(10-8-16)23-22(6-4-13-30-23)32-21-12-11-18(15-19(21)25(33)34-2)35-24-20(26(27,28)29)5-3-14-31-24;1-28-18(27)12-10-11(29-17-13(19(21,22)23)4-2-9-25-17)6-7-14(12)26-15-5-3-8-24-16(15)20;1-21-13(20)9-7-8(4-5-11(9)18)22-12-10(14(15,16)17)3-2-6-19-12;6-5-4(7)2-1-3-8-5/h2-15H,1H3;3-15,32H,1-2H3;2-10,26H,1H3;2-7H,1H3;1-3H,7H2. The van der Waals surface area contributed by atoms with E-state index >= 15 is 0 Å². The fourth-order valence-electron chi connectivity index (χ4n) is 11.5. The molecule has 0 spiro atoms. The Morgan fingerprint density at radius 1 is 0.380 bits per heavy atom. The van der Waals surface area contributed by atoms with Crippen LogP contribution in [0.1, 0.15) is 64.5 Å². The quantitative estimate of drug-likeness (QED) is 0.0236. The predicted octanol–water partition coefficient (Wildman–Crippen LogP) is 24.0. The van der Waals surface area contributed by atoms with Gasteiger partial charge in [0.1, 0.15) is 60.8 Å². The first kappa shape index (κ1) is 95.2. The molecule has 9 heterocycles. The number of carbonyl (C=O) groups excluding carboxylic acids is 3. The number of nitrogens with zero attached hydrogens (tertiary/aromatic N) is 10. The summed E-state index contributed by atoms with van der Waals surface area (Å²) in [5, 5.41) is 6.38. The van der Waals surface area contributed by atoms with Gasteiger partial charge in [-0.1, -0.05) is 59.7 Å². The summed E-state index contributed by atoms with van der Waals surface area (Å²) < 4.78 is 197. The number of nitrogens with two attached hydrogens (primary N) is 1. The van der Waals surface area contributed by atoms with Crippen molar-refractivity contribution < 1.29 is 100 Å². The van der Waals surface area contributed by atoms with Crippen LogP contribution in [-0.4, -0.2) is 88.7 Å². The van der Waals surface area contributed by atoms with Crippen molar-refractivity contribution in [2.24, 2.45) is 0 Å². The van der Waals surface area contributed by atoms with Gasteiger partial charge in [-0.15, -0.1) is 0 Å². The molecule has 0 saturated carbocycles. The van der Waals surface area contributed by atoms with Crippen LogP contribution >= 0.6 is 54.5 Å². The number of alkyl halides is 12. The molecule has 9 aromatic heterocycles. The lowest BCUT2D eigenvalue weighted by atomic mass is 10.1. The van der Waals surface area contributed by atoms with Crippen molar-refractivity contribution in [2.75, 3.05) is 37.7 Å². The normalized spacial score (nSPS) is 11.1. The van der Waals surface area contributed by atoms with Gasteiger partial charge in [-0.2, -0.15) is 57.7 Å². The zero-order chi connectivity index (χ0) is 92.9. The van der Waals surface area contributed by atoms with E-state index in [0.29, 0.717) is 63.8 Å². The number of benzene rings is 6. The smallest absolute Gasteiger partial charge is 0.421 e. The summed E-state index contributed by atoms with van der Waals surface area (Å²) in [4.78, 5) is 84.4. The van der Waals surface area contributed by atoms with E-state index in [-0.39, 0.29) is 45.1 Å². The number of carbonyl (C=O) groups is 3. The number of aromatic nitrogens is 10. The molecular formula is C90H64Br2F12IN13O11. The minimum absolute atomic E-state index is 0.00889. The number of rotatable bonds is 18. The Morgan fingerprint density at radius 2 is 0.729 bits per heavy atom. The summed E-state index contributed by atoms with van der Waals surface area (Å²) in [6, 6.07) is 55.1. The number of methoxy groups -OCH3 is 3. The number of aryl methyl sites for hydroxylation is 2. The maximum atomic E-state index is 13.3. The second kappa shape index (κ2) is 42.7. The van der Waals surface area contributed by atoms with Gasteiger partial charge in [0.05, 0.1) is 94.4 Å². The lowest BCUT2D eigenvalue weighted by Crippen LogP contribution is -2.12. The summed E-state index contributed by atoms with van der Waals surface area (Å²) in [5.41, 5.74) is 10.2. The molecule has 0 aliphatic heterocycles. The zero-order valence-corrected chi connectivity index (χ0v) is 72.5. The number of nitrogen functional groups attached to an aromatic ring is 1. The van der Waals surface area contributed by atoms with Gasteiger partial charge in [-0.25, -0.2) is 44.3 Å². The summed E-state index contributed by atoms with van der Waals surface area (Å²) in [6.07, 6.45) is -5.74. The van der Waals surface area contributed by atoms with Gasteiger partial charge in [-0.3, -0.25) is 19.3 Å². The van der Waals surface area contributed by atoms with Gasteiger partial charge in [0.15, 0.2) is 0 Å². The minimum atomic E-state index is -4.65. The van der Waals surface area contributed by atoms with Crippen LogP contribution in [0.25, 0.3) is 39.1 Å². The van der Waals surface area contributed by atoms with Crippen LogP contribution < -0.4 is 40.9 Å². The van der Waals surface area contributed by atoms with Crippen molar-refractivity contribution in [1.82, 2.24) is 49.4 Å². The number of anilines is 5. The number of fused-ring (bicyclic) bond motifs is 1. The molecule has 6 aromatic carbocycles. The van der Waals surface area contributed by atoms with Crippen LogP contribution in [0.3, 0.4) is 0 Å². The van der Waals surface area contributed by atoms with Crippen LogP contribution in [0.5, 0.6) is 46.5 Å². The van der Waals surface area contributed by atoms with E-state index < -0.39 is 93.9 Å². The topological polar surface area (TPSA) is 304 Å². The first-order chi connectivity index (χ1) is 61.5. The van der Waals surface area contributed by atoms with Gasteiger partial charge in [0.2, 0.25) is 23.5 Å². The van der Waals surface area contributed by atoms with Gasteiger partial charge < -0.3 is 49.5 Å². The third kappa shape index (κ3) is 25.2. The zero-order valence-electron chi connectivity index (χ0n) is 67.2. The molecule has 129 heavy (non-hydrogen) atoms. The van der Waals surface area contributed by atoms with Crippen LogP contribution in [0.15, 0.2) is 288 Å². The molecule has 0 radical (unpaired) electrons. The second-order valence-electron chi connectivity index (χ2n) is 26.4. The highest BCUT2D eigenvalue weighted by Crippen LogP contribution is 2.43. The highest BCUT2D eigenvalue weighted by atomic mass is 127. The van der Waals surface area contributed by atoms with E-state index in [1.54, 1.807) is 84.0 Å². The Labute approximate surface area is 755 Å². The molecule has 0 fully saturated rings. The van der Waals surface area contributed by atoms with E-state index in [4.69, 9.17) is 34.2 Å². The van der Waals surface area contributed by atoms with E-state index in [0.717, 1.165) is 52.6 Å². The average Bonchev–Trinajstić information content (AvgIpc) is 0.764. The van der Waals surface area contributed by atoms with Crippen molar-refractivity contribution in [3.8, 4) is 74.7 Å². The van der Waals surface area contributed by atoms with Crippen molar-refractivity contribution >= 4 is 112 Å². The molecule has 0 atom stereocenters. The molecule has 0 aliphatic rings. The average molecular weight is 2020 g/mol. The van der Waals surface area contributed by atoms with E-state index in [1.807, 2.05) is 91.0 Å². The second-order valence-corrected chi connectivity index (χ2v) is 29.1. The Balaban J connectivity index is 0.000000163. The Morgan fingerprint density at radius 3 is 1.15 bits per heavy atom. The molecule has 15 rings (SSSR count). The first-order valence-corrected chi connectivity index (χ1v) is 39.9. The molecule has 0 aliphatic carbocycles. The molecule has 0 amide bonds. The summed E-state index contributed by atoms with van der Waals surface area (Å²) in [6.45, 7) is 3.97. The van der Waals surface area contributed by atoms with Crippen molar-refractivity contribution in [1.29, 1.82) is 0 Å². The third-order valence-electron chi connectivity index (χ3n) is 17.6. The number of hydrogen-bond acceptors (Lipinski definition) is 23. The van der Waals surface area contributed by atoms with Gasteiger partial charge in [0, 0.05) is 64.3 Å². The van der Waals surface area contributed by atoms with Crippen LogP contribution in [0.4, 0.5) is 81.1 Å². The number of nitrogens with one attached hydrogen (secondary N) is 2. The van der Waals surface area contributed by atoms with Crippen molar-refractivity contribution in [3.63, 3.8) is 0 Å². The molecule has 0 saturated heterocycles. The molecule has 15 aromatic rings. The summed E-state index contributed by atoms with van der Waals surface area (Å²) in [5.74, 6) is -4.34. The van der Waals surface area contributed by atoms with Crippen molar-refractivity contribution in [3.05, 3.63) is 347 Å².